The number of hydrogen-bond acceptors (Lipinski definition) is 28. The van der Waals surface area contributed by atoms with E-state index in [2.05, 4.69) is 26.6 Å². The summed E-state index contributed by atoms with van der Waals surface area (Å²) in [7, 11) is 0. The van der Waals surface area contributed by atoms with Crippen molar-refractivity contribution >= 4 is 41.5 Å². The average Bonchev–Trinajstić information content (AvgIpc) is 1.85. The van der Waals surface area contributed by atoms with Crippen LogP contribution in [0.15, 0.2) is 30.3 Å². The minimum Gasteiger partial charge on any atom is -0.480 e. The smallest absolute Gasteiger partial charge is 0.317 e. The number of hydrogen-bond donors (Lipinski definition) is 18. The third-order valence-electron chi connectivity index (χ3n) is 14.0. The number of esters is 1. The Morgan fingerprint density at radius 2 is 0.874 bits per heavy atom. The predicted molar refractivity (Wildman–Crippen MR) is 292 cm³/mol. The maximum Gasteiger partial charge on any atom is 0.317 e. The fourth-order valence-corrected chi connectivity index (χ4v) is 9.23. The molecule has 5 amide bonds. The number of carbonyl (C=O) groups is 7. The van der Waals surface area contributed by atoms with E-state index in [1.165, 1.54) is 4.90 Å². The Kier molecular flexibility index (Phi) is 33.8. The first-order valence-corrected chi connectivity index (χ1v) is 28.6. The number of ether oxygens (including phenoxy) is 7. The number of unbranched alkanes of at least 4 members (excludes halogenated alkanes) is 3. The first kappa shape index (κ1) is 74.2. The van der Waals surface area contributed by atoms with Crippen molar-refractivity contribution in [3.63, 3.8) is 0 Å². The van der Waals surface area contributed by atoms with Crippen molar-refractivity contribution in [1.82, 2.24) is 36.4 Å². The normalized spacial score (nSPS) is 27.7. The standard InChI is InChI=1S/C53H87N7O27/c61-26-32-41(71)44(74)47(77)51(85-32)81-18-15-56-37(66)23-60(24-38(67)57-16-19-82-52-48(78)45(75)42(72)33(27-62)86-52)31(50(80)58-17-20-83-53-49(79)46(76)43(73)34(28-63)87-53)11-6-8-14-55-36(65)22-59(25-39(68)69)21-35(64)54-13-7-2-5-12-40(70)84-29-30-9-3-1-4-10-30/h1,3-4,9-10,31-34,41-49,51-53,61-63,71-79H,2,5-8,11-29H2,(H,54,64)(H,55,65)(H,56,66)(H,57,67)(H,58,80)(H,68,69)/t31-,32+,33+,34+,41+,42+,43+,44-,45-,46-,47-,48-,49-,51-,52-,53-/m0/s1. The number of carboxylic acids is 1. The van der Waals surface area contributed by atoms with Gasteiger partial charge in [-0.15, -0.1) is 0 Å². The maximum absolute atomic E-state index is 14.2. The van der Waals surface area contributed by atoms with Gasteiger partial charge in [-0.25, -0.2) is 0 Å². The molecule has 34 heteroatoms. The number of benzene rings is 1. The molecule has 16 atom stereocenters. The number of carboxylic acid groups (broad SMARTS) is 1. The molecule has 0 aliphatic carbocycles. The average molecular weight is 1250 g/mol. The van der Waals surface area contributed by atoms with E-state index >= 15 is 0 Å². The molecule has 1 aromatic carbocycles. The van der Waals surface area contributed by atoms with Gasteiger partial charge in [-0.2, -0.15) is 0 Å². The number of nitrogens with one attached hydrogen (secondary N) is 5. The van der Waals surface area contributed by atoms with Crippen molar-refractivity contribution in [3.05, 3.63) is 35.9 Å². The lowest BCUT2D eigenvalue weighted by atomic mass is 9.99. The van der Waals surface area contributed by atoms with Gasteiger partial charge in [-0.05, 0) is 37.7 Å². The van der Waals surface area contributed by atoms with Gasteiger partial charge < -0.3 is 126 Å². The van der Waals surface area contributed by atoms with Crippen molar-refractivity contribution in [2.75, 3.05) is 105 Å². The highest BCUT2D eigenvalue weighted by molar-refractivity contribution is 5.86. The Bertz CT molecular complexity index is 2170. The fraction of sp³-hybridized carbons (Fsp3) is 0.755. The van der Waals surface area contributed by atoms with E-state index in [1.54, 1.807) is 0 Å². The quantitative estimate of drug-likeness (QED) is 0.0214. The van der Waals surface area contributed by atoms with Crippen LogP contribution in [0.1, 0.15) is 50.5 Å². The Labute approximate surface area is 500 Å². The van der Waals surface area contributed by atoms with Crippen molar-refractivity contribution in [1.29, 1.82) is 0 Å². The highest BCUT2D eigenvalue weighted by atomic mass is 16.7. The molecular weight excluding hydrogens is 1170 g/mol. The molecule has 4 rings (SSSR count). The molecule has 0 saturated carbocycles. The number of rotatable bonds is 40. The minimum absolute atomic E-state index is 0.0448. The Morgan fingerprint density at radius 3 is 1.30 bits per heavy atom. The van der Waals surface area contributed by atoms with E-state index in [4.69, 9.17) is 33.2 Å². The maximum atomic E-state index is 14.2. The van der Waals surface area contributed by atoms with Gasteiger partial charge in [-0.3, -0.25) is 43.4 Å². The van der Waals surface area contributed by atoms with E-state index in [-0.39, 0.29) is 84.2 Å². The first-order valence-electron chi connectivity index (χ1n) is 28.6. The van der Waals surface area contributed by atoms with Gasteiger partial charge in [0.1, 0.15) is 79.9 Å². The zero-order valence-electron chi connectivity index (χ0n) is 48.0. The van der Waals surface area contributed by atoms with Crippen LogP contribution >= 0.6 is 0 Å². The summed E-state index contributed by atoms with van der Waals surface area (Å²) in [5.74, 6) is -5.26. The van der Waals surface area contributed by atoms with Gasteiger partial charge in [0, 0.05) is 39.1 Å². The Hall–Kier alpha value is -5.29. The highest BCUT2D eigenvalue weighted by Gasteiger charge is 2.46. The van der Waals surface area contributed by atoms with Crippen molar-refractivity contribution in [3.8, 4) is 0 Å². The van der Waals surface area contributed by atoms with Crippen LogP contribution in [0.5, 0.6) is 0 Å². The van der Waals surface area contributed by atoms with E-state index in [9.17, 15) is 99.9 Å². The van der Waals surface area contributed by atoms with Gasteiger partial charge in [-0.1, -0.05) is 36.8 Å². The van der Waals surface area contributed by atoms with Crippen LogP contribution < -0.4 is 26.6 Å². The van der Waals surface area contributed by atoms with Crippen molar-refractivity contribution < 1.29 is 133 Å². The molecule has 0 unspecified atom stereocenters. The van der Waals surface area contributed by atoms with Crippen LogP contribution in [0.3, 0.4) is 0 Å². The molecule has 3 fully saturated rings. The van der Waals surface area contributed by atoms with E-state index in [0.29, 0.717) is 19.3 Å². The summed E-state index contributed by atoms with van der Waals surface area (Å²) in [5, 5.41) is 143. The molecule has 0 aromatic heterocycles. The van der Waals surface area contributed by atoms with Gasteiger partial charge in [0.15, 0.2) is 18.9 Å². The first-order chi connectivity index (χ1) is 41.6. The lowest BCUT2D eigenvalue weighted by molar-refractivity contribution is -0.300. The summed E-state index contributed by atoms with van der Waals surface area (Å²) in [6, 6.07) is 7.83. The van der Waals surface area contributed by atoms with Gasteiger partial charge in [0.25, 0.3) is 0 Å². The molecule has 0 spiro atoms. The molecule has 3 saturated heterocycles. The molecule has 0 bridgehead atoms. The lowest BCUT2D eigenvalue weighted by Crippen LogP contribution is -2.59. The van der Waals surface area contributed by atoms with E-state index < -0.39 is 193 Å². The van der Waals surface area contributed by atoms with Gasteiger partial charge >= 0.3 is 11.9 Å². The summed E-state index contributed by atoms with van der Waals surface area (Å²) >= 11 is 0. The number of nitrogens with zero attached hydrogens (tertiary/aromatic N) is 2. The van der Waals surface area contributed by atoms with Crippen LogP contribution in [-0.4, -0.2) is 321 Å². The summed E-state index contributed by atoms with van der Waals surface area (Å²) < 4.78 is 37.7. The largest absolute Gasteiger partial charge is 0.480 e. The van der Waals surface area contributed by atoms with Crippen LogP contribution in [0.25, 0.3) is 0 Å². The zero-order valence-corrected chi connectivity index (χ0v) is 48.0. The molecule has 87 heavy (non-hydrogen) atoms. The second-order valence-electron chi connectivity index (χ2n) is 20.8. The van der Waals surface area contributed by atoms with E-state index in [1.807, 2.05) is 30.3 Å². The fourth-order valence-electron chi connectivity index (χ4n) is 9.23. The number of aliphatic hydroxyl groups excluding tert-OH is 12. The molecule has 34 nitrogen and oxygen atoms in total. The van der Waals surface area contributed by atoms with E-state index in [0.717, 1.165) is 10.5 Å². The second-order valence-corrected chi connectivity index (χ2v) is 20.8. The number of carbonyl (C=O) groups excluding carboxylic acids is 6. The van der Waals surface area contributed by atoms with Crippen molar-refractivity contribution in [2.45, 2.75) is 150 Å². The van der Waals surface area contributed by atoms with Crippen LogP contribution in [0.4, 0.5) is 0 Å². The summed E-state index contributed by atoms with van der Waals surface area (Å²) in [6.07, 6.45) is -22.1. The number of aliphatic carboxylic acids is 1. The predicted octanol–water partition coefficient (Wildman–Crippen LogP) is -9.45. The molecule has 3 heterocycles. The highest BCUT2D eigenvalue weighted by Crippen LogP contribution is 2.24. The summed E-state index contributed by atoms with van der Waals surface area (Å²) in [4.78, 5) is 93.4. The molecule has 18 N–H and O–H groups in total. The van der Waals surface area contributed by atoms with Crippen LogP contribution in [0.2, 0.25) is 0 Å². The topological polar surface area (TPSA) is 514 Å². The SMILES string of the molecule is O=C(O)CN(CC(=O)NCCCCCC(=O)OCc1ccccc1)CC(=O)NCCCC[C@@H](C(=O)NCCO[C@H]1O[C@H](CO)[C@@H](O)[C@H](O)[C@@H]1O)N(CC(=O)NCCO[C@H]1O[C@H](CO)[C@@H](O)[C@H](O)[C@@H]1O)CC(=O)NCCO[C@H]1O[C@H](CO)[C@@H](O)[C@H](O)[C@@H]1O. The molecule has 496 valence electrons. The molecule has 1 aromatic rings. The monoisotopic (exact) mass is 1250 g/mol. The van der Waals surface area contributed by atoms with Crippen molar-refractivity contribution in [2.24, 2.45) is 0 Å². The molecular formula is C53H87N7O27. The third kappa shape index (κ3) is 25.6. The van der Waals surface area contributed by atoms with Crippen LogP contribution in [-0.2, 0) is 73.3 Å². The Balaban J connectivity index is 1.39. The summed E-state index contributed by atoms with van der Waals surface area (Å²) in [5.41, 5.74) is 0.855. The minimum atomic E-state index is -1.77. The van der Waals surface area contributed by atoms with Gasteiger partial charge in [0.05, 0.1) is 78.4 Å². The molecule has 0 radical (unpaired) electrons. The van der Waals surface area contributed by atoms with Gasteiger partial charge in [0.2, 0.25) is 29.5 Å². The summed E-state index contributed by atoms with van der Waals surface area (Å²) in [6.45, 7) is -6.87. The lowest BCUT2D eigenvalue weighted by Gasteiger charge is -2.39. The molecule has 3 aliphatic rings. The zero-order chi connectivity index (χ0) is 64.0. The number of amides is 5. The Morgan fingerprint density at radius 1 is 0.471 bits per heavy atom. The second kappa shape index (κ2) is 39.7. The number of aliphatic hydroxyl groups is 12. The third-order valence-corrected chi connectivity index (χ3v) is 14.0. The van der Waals surface area contributed by atoms with Crippen LogP contribution in [0, 0.1) is 0 Å². The molecule has 3 aliphatic heterocycles.